The third-order valence-corrected chi connectivity index (χ3v) is 3.98. The van der Waals surface area contributed by atoms with Crippen LogP contribution in [0, 0.1) is 11.3 Å². The molecule has 0 aromatic heterocycles. The molecule has 0 unspecified atom stereocenters. The first-order valence-corrected chi connectivity index (χ1v) is 7.85. The van der Waals surface area contributed by atoms with Gasteiger partial charge in [0.15, 0.2) is 0 Å². The number of nitrogens with zero attached hydrogens (tertiary/aromatic N) is 2. The molecule has 0 bridgehead atoms. The number of benzene rings is 2. The molecule has 0 N–H and O–H groups in total. The van der Waals surface area contributed by atoms with Crippen molar-refractivity contribution in [2.75, 3.05) is 26.3 Å². The number of hydrogen-bond acceptors (Lipinski definition) is 4. The Morgan fingerprint density at radius 3 is 2.39 bits per heavy atom. The molecule has 2 aromatic rings. The molecule has 1 heterocycles. The smallest absolute Gasteiger partial charge is 0.124 e. The highest BCUT2D eigenvalue weighted by atomic mass is 16.5. The van der Waals surface area contributed by atoms with Crippen molar-refractivity contribution >= 4 is 0 Å². The second kappa shape index (κ2) is 7.77. The van der Waals surface area contributed by atoms with Crippen molar-refractivity contribution in [2.45, 2.75) is 12.6 Å². The molecule has 0 spiro atoms. The van der Waals surface area contributed by atoms with Gasteiger partial charge in [-0.05, 0) is 23.3 Å². The molecular formula is C19H20N2O2. The molecule has 1 atom stereocenters. The number of morpholine rings is 1. The molecule has 0 aliphatic carbocycles. The number of rotatable bonds is 5. The van der Waals surface area contributed by atoms with Gasteiger partial charge in [-0.3, -0.25) is 4.90 Å². The van der Waals surface area contributed by atoms with Crippen LogP contribution < -0.4 is 4.74 Å². The molecule has 23 heavy (non-hydrogen) atoms. The van der Waals surface area contributed by atoms with Crippen LogP contribution in [0.1, 0.15) is 17.2 Å². The summed E-state index contributed by atoms with van der Waals surface area (Å²) in [5, 5.41) is 9.49. The van der Waals surface area contributed by atoms with Crippen molar-refractivity contribution in [3.63, 3.8) is 0 Å². The molecule has 4 nitrogen and oxygen atoms in total. The van der Waals surface area contributed by atoms with Crippen molar-refractivity contribution in [3.8, 4) is 11.8 Å². The lowest BCUT2D eigenvalue weighted by atomic mass is 10.1. The minimum absolute atomic E-state index is 0.220. The molecule has 0 saturated carbocycles. The normalized spacial score (nSPS) is 16.5. The highest BCUT2D eigenvalue weighted by Crippen LogP contribution is 2.23. The first-order chi connectivity index (χ1) is 11.4. The van der Waals surface area contributed by atoms with Crippen LogP contribution in [0.2, 0.25) is 0 Å². The van der Waals surface area contributed by atoms with Crippen molar-refractivity contribution in [2.24, 2.45) is 0 Å². The largest absolute Gasteiger partial charge is 0.489 e. The first-order valence-electron chi connectivity index (χ1n) is 7.85. The van der Waals surface area contributed by atoms with E-state index in [1.54, 1.807) is 0 Å². The van der Waals surface area contributed by atoms with Crippen molar-refractivity contribution in [1.82, 2.24) is 4.90 Å². The molecule has 1 aliphatic heterocycles. The second-order valence-electron chi connectivity index (χ2n) is 5.52. The fourth-order valence-electron chi connectivity index (χ4n) is 2.69. The summed E-state index contributed by atoms with van der Waals surface area (Å²) in [7, 11) is 0. The lowest BCUT2D eigenvalue weighted by molar-refractivity contribution is 0.0266. The van der Waals surface area contributed by atoms with Crippen molar-refractivity contribution < 1.29 is 9.47 Å². The molecule has 1 fully saturated rings. The predicted octanol–water partition coefficient (Wildman–Crippen LogP) is 3.16. The van der Waals surface area contributed by atoms with Gasteiger partial charge in [0.1, 0.15) is 18.4 Å². The van der Waals surface area contributed by atoms with Crippen LogP contribution in [0.5, 0.6) is 5.75 Å². The van der Waals surface area contributed by atoms with Crippen LogP contribution in [0.25, 0.3) is 0 Å². The van der Waals surface area contributed by atoms with Crippen LogP contribution in [-0.4, -0.2) is 31.2 Å². The maximum atomic E-state index is 9.49. The summed E-state index contributed by atoms with van der Waals surface area (Å²) in [4.78, 5) is 2.16. The molecule has 0 radical (unpaired) electrons. The van der Waals surface area contributed by atoms with Gasteiger partial charge in [0.2, 0.25) is 0 Å². The van der Waals surface area contributed by atoms with Gasteiger partial charge in [-0.2, -0.15) is 5.26 Å². The Morgan fingerprint density at radius 2 is 1.74 bits per heavy atom. The SMILES string of the molecule is N#C[C@H](c1ccc(OCc2ccccc2)cc1)N1CCOCC1. The zero-order valence-corrected chi connectivity index (χ0v) is 13.0. The summed E-state index contributed by atoms with van der Waals surface area (Å²) in [6, 6.07) is 20.1. The van der Waals surface area contributed by atoms with Crippen LogP contribution in [0.15, 0.2) is 54.6 Å². The molecule has 4 heteroatoms. The van der Waals surface area contributed by atoms with Gasteiger partial charge in [0.05, 0.1) is 19.3 Å². The molecule has 0 amide bonds. The molecule has 1 aliphatic rings. The Labute approximate surface area is 136 Å². The van der Waals surface area contributed by atoms with Gasteiger partial charge in [-0.1, -0.05) is 42.5 Å². The van der Waals surface area contributed by atoms with E-state index in [2.05, 4.69) is 11.0 Å². The first kappa shape index (κ1) is 15.5. The Balaban J connectivity index is 1.62. The van der Waals surface area contributed by atoms with Crippen LogP contribution in [0.3, 0.4) is 0 Å². The number of ether oxygens (including phenoxy) is 2. The van der Waals surface area contributed by atoms with Gasteiger partial charge in [-0.25, -0.2) is 0 Å². The van der Waals surface area contributed by atoms with E-state index in [4.69, 9.17) is 9.47 Å². The summed E-state index contributed by atoms with van der Waals surface area (Å²) in [6.45, 7) is 3.52. The average Bonchev–Trinajstić information content (AvgIpc) is 2.63. The van der Waals surface area contributed by atoms with E-state index in [1.165, 1.54) is 0 Å². The van der Waals surface area contributed by atoms with E-state index in [1.807, 2.05) is 54.6 Å². The summed E-state index contributed by atoms with van der Waals surface area (Å²) in [5.41, 5.74) is 2.14. The highest BCUT2D eigenvalue weighted by molar-refractivity contribution is 5.32. The van der Waals surface area contributed by atoms with E-state index in [0.717, 1.165) is 30.0 Å². The van der Waals surface area contributed by atoms with Gasteiger partial charge in [0.25, 0.3) is 0 Å². The lowest BCUT2D eigenvalue weighted by Crippen LogP contribution is -2.38. The van der Waals surface area contributed by atoms with Gasteiger partial charge < -0.3 is 9.47 Å². The summed E-state index contributed by atoms with van der Waals surface area (Å²) >= 11 is 0. The topological polar surface area (TPSA) is 45.5 Å². The average molecular weight is 308 g/mol. The quantitative estimate of drug-likeness (QED) is 0.851. The number of hydrogen-bond donors (Lipinski definition) is 0. The fraction of sp³-hybridized carbons (Fsp3) is 0.316. The van der Waals surface area contributed by atoms with E-state index >= 15 is 0 Å². The Bertz CT molecular complexity index is 643. The zero-order chi connectivity index (χ0) is 15.9. The highest BCUT2D eigenvalue weighted by Gasteiger charge is 2.22. The van der Waals surface area contributed by atoms with Crippen LogP contribution in [-0.2, 0) is 11.3 Å². The van der Waals surface area contributed by atoms with Crippen LogP contribution in [0.4, 0.5) is 0 Å². The Morgan fingerprint density at radius 1 is 1.04 bits per heavy atom. The van der Waals surface area contributed by atoms with Crippen molar-refractivity contribution in [1.29, 1.82) is 5.26 Å². The van der Waals surface area contributed by atoms with Crippen LogP contribution >= 0.6 is 0 Å². The molecule has 2 aromatic carbocycles. The minimum Gasteiger partial charge on any atom is -0.489 e. The second-order valence-corrected chi connectivity index (χ2v) is 5.52. The maximum absolute atomic E-state index is 9.49. The third-order valence-electron chi connectivity index (χ3n) is 3.98. The maximum Gasteiger partial charge on any atom is 0.124 e. The monoisotopic (exact) mass is 308 g/mol. The van der Waals surface area contributed by atoms with E-state index in [9.17, 15) is 5.26 Å². The van der Waals surface area contributed by atoms with Gasteiger partial charge >= 0.3 is 0 Å². The summed E-state index contributed by atoms with van der Waals surface area (Å²) in [5.74, 6) is 0.816. The fourth-order valence-corrected chi connectivity index (χ4v) is 2.69. The van der Waals surface area contributed by atoms with Gasteiger partial charge in [0, 0.05) is 13.1 Å². The molecular weight excluding hydrogens is 288 g/mol. The predicted molar refractivity (Wildman–Crippen MR) is 88.0 cm³/mol. The Hall–Kier alpha value is -2.35. The standard InChI is InChI=1S/C19H20N2O2/c20-14-19(21-10-12-22-13-11-21)17-6-8-18(9-7-17)23-15-16-4-2-1-3-5-16/h1-9,19H,10-13,15H2/t19-/m1/s1. The molecule has 3 rings (SSSR count). The molecule has 118 valence electrons. The third kappa shape index (κ3) is 4.10. The summed E-state index contributed by atoms with van der Waals surface area (Å²) in [6.07, 6.45) is 0. The zero-order valence-electron chi connectivity index (χ0n) is 13.0. The summed E-state index contributed by atoms with van der Waals surface area (Å²) < 4.78 is 11.1. The van der Waals surface area contributed by atoms with Crippen molar-refractivity contribution in [3.05, 3.63) is 65.7 Å². The van der Waals surface area contributed by atoms with E-state index < -0.39 is 0 Å². The lowest BCUT2D eigenvalue weighted by Gasteiger charge is -2.30. The van der Waals surface area contributed by atoms with E-state index in [-0.39, 0.29) is 6.04 Å². The Kier molecular flexibility index (Phi) is 5.25. The minimum atomic E-state index is -0.220. The molecule has 1 saturated heterocycles. The number of nitriles is 1. The van der Waals surface area contributed by atoms with E-state index in [0.29, 0.717) is 19.8 Å². The van der Waals surface area contributed by atoms with Gasteiger partial charge in [-0.15, -0.1) is 0 Å².